The Balaban J connectivity index is 1.54. The highest BCUT2D eigenvalue weighted by atomic mass is 32.1. The van der Waals surface area contributed by atoms with Gasteiger partial charge in [-0.25, -0.2) is 0 Å². The number of hydrogen-bond donors (Lipinski definition) is 1. The lowest BCUT2D eigenvalue weighted by Gasteiger charge is -2.02. The summed E-state index contributed by atoms with van der Waals surface area (Å²) < 4.78 is 2.00. The zero-order valence-electron chi connectivity index (χ0n) is 10.8. The lowest BCUT2D eigenvalue weighted by atomic mass is 10.3. The van der Waals surface area contributed by atoms with E-state index < -0.39 is 0 Å². The van der Waals surface area contributed by atoms with Crippen molar-refractivity contribution in [3.8, 4) is 6.07 Å². The summed E-state index contributed by atoms with van der Waals surface area (Å²) in [5, 5.41) is 20.4. The standard InChI is InChI=1S/C14H13N5S/c15-9-11-4-5-12(20-11)10-16-7-6-14-18-17-13-3-1-2-8-19(13)14/h1-5,8,16H,6-7,10H2. The molecular weight excluding hydrogens is 270 g/mol. The number of nitriles is 1. The Bertz CT molecular complexity index is 752. The summed E-state index contributed by atoms with van der Waals surface area (Å²) in [4.78, 5) is 1.93. The van der Waals surface area contributed by atoms with Crippen molar-refractivity contribution >= 4 is 17.0 Å². The van der Waals surface area contributed by atoms with E-state index in [0.717, 1.165) is 35.9 Å². The van der Waals surface area contributed by atoms with E-state index in [0.29, 0.717) is 0 Å². The minimum absolute atomic E-state index is 0.755. The first-order valence-electron chi connectivity index (χ1n) is 6.35. The second kappa shape index (κ2) is 5.82. The maximum atomic E-state index is 8.77. The molecule has 100 valence electrons. The molecule has 0 fully saturated rings. The van der Waals surface area contributed by atoms with Crippen molar-refractivity contribution in [3.05, 3.63) is 52.1 Å². The van der Waals surface area contributed by atoms with Gasteiger partial charge in [0.1, 0.15) is 16.8 Å². The van der Waals surface area contributed by atoms with Crippen LogP contribution in [0.1, 0.15) is 15.6 Å². The molecule has 1 N–H and O–H groups in total. The van der Waals surface area contributed by atoms with Crippen LogP contribution in [-0.4, -0.2) is 21.1 Å². The molecule has 0 atom stereocenters. The lowest BCUT2D eigenvalue weighted by molar-refractivity contribution is 0.672. The summed E-state index contributed by atoms with van der Waals surface area (Å²) in [6.45, 7) is 1.61. The van der Waals surface area contributed by atoms with Gasteiger partial charge in [0.2, 0.25) is 0 Å². The summed E-state index contributed by atoms with van der Waals surface area (Å²) >= 11 is 1.53. The molecule has 0 spiro atoms. The molecular formula is C14H13N5S. The number of hydrogen-bond acceptors (Lipinski definition) is 5. The topological polar surface area (TPSA) is 66.0 Å². The minimum Gasteiger partial charge on any atom is -0.311 e. The highest BCUT2D eigenvalue weighted by Gasteiger charge is 2.04. The van der Waals surface area contributed by atoms with E-state index in [9.17, 15) is 0 Å². The predicted molar refractivity (Wildman–Crippen MR) is 77.4 cm³/mol. The van der Waals surface area contributed by atoms with Gasteiger partial charge in [0, 0.05) is 30.6 Å². The zero-order chi connectivity index (χ0) is 13.8. The molecule has 5 nitrogen and oxygen atoms in total. The summed E-state index contributed by atoms with van der Waals surface area (Å²) in [6, 6.07) is 11.9. The van der Waals surface area contributed by atoms with E-state index in [1.54, 1.807) is 0 Å². The number of pyridine rings is 1. The van der Waals surface area contributed by atoms with Crippen LogP contribution in [0.2, 0.25) is 0 Å². The highest BCUT2D eigenvalue weighted by molar-refractivity contribution is 7.12. The van der Waals surface area contributed by atoms with Gasteiger partial charge in [0.15, 0.2) is 5.65 Å². The van der Waals surface area contributed by atoms with E-state index in [2.05, 4.69) is 21.6 Å². The van der Waals surface area contributed by atoms with Crippen LogP contribution in [0.15, 0.2) is 36.5 Å². The van der Waals surface area contributed by atoms with Gasteiger partial charge in [-0.3, -0.25) is 4.40 Å². The van der Waals surface area contributed by atoms with E-state index in [-0.39, 0.29) is 0 Å². The largest absolute Gasteiger partial charge is 0.311 e. The average molecular weight is 283 g/mol. The third kappa shape index (κ3) is 2.69. The Morgan fingerprint density at radius 2 is 2.20 bits per heavy atom. The summed E-state index contributed by atoms with van der Waals surface area (Å²) in [5.41, 5.74) is 0.874. The number of rotatable bonds is 5. The normalized spacial score (nSPS) is 10.8. The Morgan fingerprint density at radius 1 is 1.25 bits per heavy atom. The molecule has 3 aromatic heterocycles. The second-order valence-corrected chi connectivity index (χ2v) is 5.52. The van der Waals surface area contributed by atoms with Crippen LogP contribution in [-0.2, 0) is 13.0 Å². The lowest BCUT2D eigenvalue weighted by Crippen LogP contribution is -2.17. The summed E-state index contributed by atoms with van der Waals surface area (Å²) in [5.74, 6) is 0.956. The van der Waals surface area contributed by atoms with Crippen LogP contribution in [0.3, 0.4) is 0 Å². The Kier molecular flexibility index (Phi) is 3.72. The van der Waals surface area contributed by atoms with Gasteiger partial charge in [-0.15, -0.1) is 21.5 Å². The fraction of sp³-hybridized carbons (Fsp3) is 0.214. The molecule has 0 saturated carbocycles. The Labute approximate surface area is 120 Å². The van der Waals surface area contributed by atoms with Gasteiger partial charge >= 0.3 is 0 Å². The molecule has 0 aromatic carbocycles. The molecule has 0 aliphatic rings. The van der Waals surface area contributed by atoms with Gasteiger partial charge in [-0.05, 0) is 24.3 Å². The molecule has 3 rings (SSSR count). The molecule has 3 aromatic rings. The highest BCUT2D eigenvalue weighted by Crippen LogP contribution is 2.14. The molecule has 0 bridgehead atoms. The fourth-order valence-corrected chi connectivity index (χ4v) is 2.78. The third-order valence-corrected chi connectivity index (χ3v) is 3.97. The molecule has 3 heterocycles. The van der Waals surface area contributed by atoms with Crippen molar-refractivity contribution in [1.82, 2.24) is 19.9 Å². The molecule has 0 unspecified atom stereocenters. The van der Waals surface area contributed by atoms with Crippen molar-refractivity contribution in [2.24, 2.45) is 0 Å². The van der Waals surface area contributed by atoms with Crippen molar-refractivity contribution in [1.29, 1.82) is 5.26 Å². The number of nitrogens with zero attached hydrogens (tertiary/aromatic N) is 4. The fourth-order valence-electron chi connectivity index (χ4n) is 2.01. The molecule has 6 heteroatoms. The maximum Gasteiger partial charge on any atom is 0.160 e. The first kappa shape index (κ1) is 12.8. The SMILES string of the molecule is N#Cc1ccc(CNCCc2nnc3ccccn23)s1. The number of aromatic nitrogens is 3. The van der Waals surface area contributed by atoms with E-state index in [1.807, 2.05) is 40.9 Å². The van der Waals surface area contributed by atoms with Crippen LogP contribution in [0.4, 0.5) is 0 Å². The van der Waals surface area contributed by atoms with Crippen LogP contribution < -0.4 is 5.32 Å². The number of nitrogens with one attached hydrogen (secondary N) is 1. The van der Waals surface area contributed by atoms with Crippen LogP contribution >= 0.6 is 11.3 Å². The van der Waals surface area contributed by atoms with Crippen LogP contribution in [0.25, 0.3) is 5.65 Å². The molecule has 20 heavy (non-hydrogen) atoms. The molecule has 0 amide bonds. The molecule has 0 radical (unpaired) electrons. The first-order valence-corrected chi connectivity index (χ1v) is 7.16. The van der Waals surface area contributed by atoms with Crippen molar-refractivity contribution in [2.45, 2.75) is 13.0 Å². The van der Waals surface area contributed by atoms with E-state index in [1.165, 1.54) is 16.2 Å². The van der Waals surface area contributed by atoms with Crippen LogP contribution in [0, 0.1) is 11.3 Å². The number of thiophene rings is 1. The van der Waals surface area contributed by atoms with Gasteiger partial charge in [0.25, 0.3) is 0 Å². The third-order valence-electron chi connectivity index (χ3n) is 2.98. The quantitative estimate of drug-likeness (QED) is 0.727. The number of fused-ring (bicyclic) bond motifs is 1. The maximum absolute atomic E-state index is 8.77. The van der Waals surface area contributed by atoms with Crippen molar-refractivity contribution in [2.75, 3.05) is 6.54 Å². The average Bonchev–Trinajstić information content (AvgIpc) is 3.10. The van der Waals surface area contributed by atoms with Crippen molar-refractivity contribution < 1.29 is 0 Å². The summed E-state index contributed by atoms with van der Waals surface area (Å²) in [7, 11) is 0. The van der Waals surface area contributed by atoms with Gasteiger partial charge < -0.3 is 5.32 Å². The van der Waals surface area contributed by atoms with Gasteiger partial charge in [0.05, 0.1) is 0 Å². The van der Waals surface area contributed by atoms with E-state index in [4.69, 9.17) is 5.26 Å². The minimum atomic E-state index is 0.755. The smallest absolute Gasteiger partial charge is 0.160 e. The monoisotopic (exact) mass is 283 g/mol. The first-order chi connectivity index (χ1) is 9.86. The van der Waals surface area contributed by atoms with Gasteiger partial charge in [-0.2, -0.15) is 5.26 Å². The van der Waals surface area contributed by atoms with Crippen LogP contribution in [0.5, 0.6) is 0 Å². The second-order valence-electron chi connectivity index (χ2n) is 4.35. The summed E-state index contributed by atoms with van der Waals surface area (Å²) in [6.07, 6.45) is 2.80. The molecule has 0 aliphatic carbocycles. The Morgan fingerprint density at radius 3 is 3.05 bits per heavy atom. The zero-order valence-corrected chi connectivity index (χ0v) is 11.6. The molecule has 0 saturated heterocycles. The molecule has 0 aliphatic heterocycles. The predicted octanol–water partition coefficient (Wildman–Crippen LogP) is 1.99. The van der Waals surface area contributed by atoms with E-state index >= 15 is 0 Å². The van der Waals surface area contributed by atoms with Gasteiger partial charge in [-0.1, -0.05) is 6.07 Å². The Hall–Kier alpha value is -2.23. The van der Waals surface area contributed by atoms with Crippen molar-refractivity contribution in [3.63, 3.8) is 0 Å².